The van der Waals surface area contributed by atoms with Crippen LogP contribution in [-0.2, 0) is 4.74 Å². The number of rotatable bonds is 4. The van der Waals surface area contributed by atoms with Gasteiger partial charge in [0.2, 0.25) is 5.95 Å². The summed E-state index contributed by atoms with van der Waals surface area (Å²) in [4.78, 5) is 30.3. The second-order valence-electron chi connectivity index (χ2n) is 5.76. The smallest absolute Gasteiger partial charge is 0.341 e. The van der Waals surface area contributed by atoms with E-state index in [4.69, 9.17) is 4.74 Å². The maximum absolute atomic E-state index is 12.2. The first-order chi connectivity index (χ1) is 11.5. The number of nitrogens with zero attached hydrogens (tertiary/aromatic N) is 4. The van der Waals surface area contributed by atoms with Crippen molar-refractivity contribution in [1.29, 1.82) is 0 Å². The van der Waals surface area contributed by atoms with E-state index < -0.39 is 11.9 Å². The number of fused-ring (bicyclic) bond motifs is 1. The van der Waals surface area contributed by atoms with Gasteiger partial charge >= 0.3 is 11.9 Å². The molecule has 2 aromatic rings. The van der Waals surface area contributed by atoms with Crippen LogP contribution in [0.1, 0.15) is 52.6 Å². The molecule has 128 valence electrons. The SMILES string of the molecule is CCOC(=O)c1c(C(=O)O)c(C)n2nc(N3CCCCC3)ncc12. The van der Waals surface area contributed by atoms with E-state index in [1.807, 2.05) is 0 Å². The van der Waals surface area contributed by atoms with Crippen LogP contribution < -0.4 is 4.90 Å². The van der Waals surface area contributed by atoms with E-state index in [-0.39, 0.29) is 17.7 Å². The number of piperidine rings is 1. The normalized spacial score (nSPS) is 14.8. The summed E-state index contributed by atoms with van der Waals surface area (Å²) in [5.74, 6) is -1.30. The number of ether oxygens (including phenoxy) is 1. The zero-order valence-electron chi connectivity index (χ0n) is 13.8. The third kappa shape index (κ3) is 2.68. The van der Waals surface area contributed by atoms with E-state index in [1.165, 1.54) is 17.1 Å². The van der Waals surface area contributed by atoms with Crippen LogP contribution in [0.15, 0.2) is 6.20 Å². The van der Waals surface area contributed by atoms with E-state index in [2.05, 4.69) is 15.0 Å². The molecule has 8 heteroatoms. The van der Waals surface area contributed by atoms with Crippen molar-refractivity contribution in [2.45, 2.75) is 33.1 Å². The average Bonchev–Trinajstić information content (AvgIpc) is 2.88. The summed E-state index contributed by atoms with van der Waals surface area (Å²) >= 11 is 0. The number of carbonyl (C=O) groups excluding carboxylic acids is 1. The molecule has 1 aliphatic heterocycles. The number of carboxylic acids is 1. The minimum atomic E-state index is -1.18. The molecule has 0 atom stereocenters. The highest BCUT2D eigenvalue weighted by atomic mass is 16.5. The summed E-state index contributed by atoms with van der Waals surface area (Å²) in [7, 11) is 0. The standard InChI is InChI=1S/C16H20N4O4/c1-3-24-15(23)13-11-9-17-16(19-7-5-4-6-8-19)18-20(11)10(2)12(13)14(21)22/h9H,3-8H2,1-2H3,(H,21,22). The Balaban J connectivity index is 2.14. The quantitative estimate of drug-likeness (QED) is 0.854. The number of aromatic carboxylic acids is 1. The van der Waals surface area contributed by atoms with Gasteiger partial charge < -0.3 is 14.7 Å². The molecule has 0 unspecified atom stereocenters. The molecule has 0 amide bonds. The van der Waals surface area contributed by atoms with E-state index in [9.17, 15) is 14.7 Å². The van der Waals surface area contributed by atoms with Crippen LogP contribution in [0.3, 0.4) is 0 Å². The molecule has 2 aromatic heterocycles. The van der Waals surface area contributed by atoms with E-state index in [0.29, 0.717) is 17.2 Å². The molecule has 3 heterocycles. The van der Waals surface area contributed by atoms with Gasteiger partial charge in [-0.15, -0.1) is 5.10 Å². The van der Waals surface area contributed by atoms with Crippen LogP contribution in [-0.4, -0.2) is 51.3 Å². The fourth-order valence-corrected chi connectivity index (χ4v) is 3.09. The minimum absolute atomic E-state index is 0.00652. The van der Waals surface area contributed by atoms with Crippen LogP contribution in [0.2, 0.25) is 0 Å². The van der Waals surface area contributed by atoms with E-state index in [0.717, 1.165) is 25.9 Å². The second-order valence-corrected chi connectivity index (χ2v) is 5.76. The summed E-state index contributed by atoms with van der Waals surface area (Å²) in [6.45, 7) is 5.23. The molecule has 0 saturated carbocycles. The van der Waals surface area contributed by atoms with Crippen molar-refractivity contribution in [3.8, 4) is 0 Å². The zero-order valence-corrected chi connectivity index (χ0v) is 13.8. The number of carboxylic acid groups (broad SMARTS) is 1. The van der Waals surface area contributed by atoms with Crippen molar-refractivity contribution in [3.05, 3.63) is 23.0 Å². The fourth-order valence-electron chi connectivity index (χ4n) is 3.09. The van der Waals surface area contributed by atoms with Crippen molar-refractivity contribution >= 4 is 23.4 Å². The third-order valence-electron chi connectivity index (χ3n) is 4.24. The van der Waals surface area contributed by atoms with Crippen molar-refractivity contribution in [2.24, 2.45) is 0 Å². The highest BCUT2D eigenvalue weighted by Crippen LogP contribution is 2.25. The Morgan fingerprint density at radius 3 is 2.58 bits per heavy atom. The maximum Gasteiger partial charge on any atom is 0.341 e. The number of hydrogen-bond donors (Lipinski definition) is 1. The summed E-state index contributed by atoms with van der Waals surface area (Å²) < 4.78 is 6.48. The summed E-state index contributed by atoms with van der Waals surface area (Å²) in [6, 6.07) is 0. The highest BCUT2D eigenvalue weighted by Gasteiger charge is 2.28. The summed E-state index contributed by atoms with van der Waals surface area (Å²) in [5, 5.41) is 14.0. The van der Waals surface area contributed by atoms with Gasteiger partial charge in [0.1, 0.15) is 5.56 Å². The van der Waals surface area contributed by atoms with Crippen molar-refractivity contribution in [2.75, 3.05) is 24.6 Å². The van der Waals surface area contributed by atoms with Gasteiger partial charge in [-0.3, -0.25) is 0 Å². The Morgan fingerprint density at radius 2 is 1.96 bits per heavy atom. The number of aryl methyl sites for hydroxylation is 1. The molecule has 0 spiro atoms. The lowest BCUT2D eigenvalue weighted by molar-refractivity contribution is 0.0517. The Kier molecular flexibility index (Phi) is 4.37. The van der Waals surface area contributed by atoms with Gasteiger partial charge in [0.15, 0.2) is 0 Å². The zero-order chi connectivity index (χ0) is 17.3. The first kappa shape index (κ1) is 16.2. The van der Waals surface area contributed by atoms with Crippen molar-refractivity contribution in [3.63, 3.8) is 0 Å². The molecule has 24 heavy (non-hydrogen) atoms. The highest BCUT2D eigenvalue weighted by molar-refractivity contribution is 6.08. The second kappa shape index (κ2) is 6.46. The number of carbonyl (C=O) groups is 2. The lowest BCUT2D eigenvalue weighted by Gasteiger charge is -2.26. The number of anilines is 1. The van der Waals surface area contributed by atoms with E-state index in [1.54, 1.807) is 13.8 Å². The molecule has 3 rings (SSSR count). The summed E-state index contributed by atoms with van der Waals surface area (Å²) in [6.07, 6.45) is 4.86. The first-order valence-corrected chi connectivity index (χ1v) is 8.08. The molecule has 1 aliphatic rings. The molecule has 8 nitrogen and oxygen atoms in total. The molecule has 0 radical (unpaired) electrons. The molecule has 1 saturated heterocycles. The Hall–Kier alpha value is -2.64. The van der Waals surface area contributed by atoms with Crippen LogP contribution in [0.5, 0.6) is 0 Å². The number of hydrogen-bond acceptors (Lipinski definition) is 6. The monoisotopic (exact) mass is 332 g/mol. The first-order valence-electron chi connectivity index (χ1n) is 8.08. The van der Waals surface area contributed by atoms with Gasteiger partial charge in [0.25, 0.3) is 0 Å². The van der Waals surface area contributed by atoms with Crippen LogP contribution in [0.25, 0.3) is 5.52 Å². The van der Waals surface area contributed by atoms with Crippen molar-refractivity contribution in [1.82, 2.24) is 14.6 Å². The van der Waals surface area contributed by atoms with Crippen LogP contribution >= 0.6 is 0 Å². The van der Waals surface area contributed by atoms with Crippen LogP contribution in [0.4, 0.5) is 5.95 Å². The molecule has 0 aliphatic carbocycles. The lowest BCUT2D eigenvalue weighted by atomic mass is 10.1. The lowest BCUT2D eigenvalue weighted by Crippen LogP contribution is -2.31. The Labute approximate surface area is 139 Å². The molecule has 1 N–H and O–H groups in total. The fraction of sp³-hybridized carbons (Fsp3) is 0.500. The number of esters is 1. The third-order valence-corrected chi connectivity index (χ3v) is 4.24. The molecular weight excluding hydrogens is 312 g/mol. The Bertz CT molecular complexity index is 793. The largest absolute Gasteiger partial charge is 0.478 e. The van der Waals surface area contributed by atoms with Gasteiger partial charge in [0.05, 0.1) is 29.6 Å². The van der Waals surface area contributed by atoms with Gasteiger partial charge in [-0.1, -0.05) is 0 Å². The minimum Gasteiger partial charge on any atom is -0.478 e. The van der Waals surface area contributed by atoms with Crippen LogP contribution in [0, 0.1) is 6.92 Å². The average molecular weight is 332 g/mol. The van der Waals surface area contributed by atoms with Gasteiger partial charge in [-0.25, -0.2) is 19.1 Å². The molecule has 0 bridgehead atoms. The van der Waals surface area contributed by atoms with E-state index >= 15 is 0 Å². The Morgan fingerprint density at radius 1 is 1.25 bits per heavy atom. The van der Waals surface area contributed by atoms with Gasteiger partial charge in [-0.2, -0.15) is 0 Å². The topological polar surface area (TPSA) is 97.0 Å². The molecule has 1 fully saturated rings. The van der Waals surface area contributed by atoms with Gasteiger partial charge in [0, 0.05) is 13.1 Å². The summed E-state index contributed by atoms with van der Waals surface area (Å²) in [5.41, 5.74) is 0.663. The predicted octanol–water partition coefficient (Wildman–Crippen LogP) is 1.90. The van der Waals surface area contributed by atoms with Crippen molar-refractivity contribution < 1.29 is 19.4 Å². The predicted molar refractivity (Wildman–Crippen MR) is 86.7 cm³/mol. The molecule has 0 aromatic carbocycles. The molecular formula is C16H20N4O4. The van der Waals surface area contributed by atoms with Gasteiger partial charge in [-0.05, 0) is 33.1 Å². The maximum atomic E-state index is 12.2. The number of aromatic nitrogens is 3.